The van der Waals surface area contributed by atoms with Crippen LogP contribution in [0.15, 0.2) is 22.7 Å². The van der Waals surface area contributed by atoms with Crippen molar-refractivity contribution in [3.8, 4) is 0 Å². The Morgan fingerprint density at radius 3 is 2.74 bits per heavy atom. The summed E-state index contributed by atoms with van der Waals surface area (Å²) in [7, 11) is -3.03. The number of amides is 1. The molecule has 1 amide bonds. The molecule has 1 saturated heterocycles. The molecule has 7 heteroatoms. The van der Waals surface area contributed by atoms with Gasteiger partial charge in [-0.3, -0.25) is 4.79 Å². The van der Waals surface area contributed by atoms with E-state index in [2.05, 4.69) is 21.2 Å². The van der Waals surface area contributed by atoms with Crippen molar-refractivity contribution in [2.45, 2.75) is 18.1 Å². The van der Waals surface area contributed by atoms with Gasteiger partial charge in [0.05, 0.1) is 11.0 Å². The number of rotatable bonds is 3. The second-order valence-electron chi connectivity index (χ2n) is 4.50. The Hall–Kier alpha value is -0.590. The van der Waals surface area contributed by atoms with E-state index >= 15 is 0 Å². The van der Waals surface area contributed by atoms with Crippen LogP contribution in [0.4, 0.5) is 0 Å². The Bertz CT molecular complexity index is 583. The van der Waals surface area contributed by atoms with Gasteiger partial charge in [-0.25, -0.2) is 8.42 Å². The highest BCUT2D eigenvalue weighted by molar-refractivity contribution is 9.10. The van der Waals surface area contributed by atoms with Crippen LogP contribution < -0.4 is 5.32 Å². The highest BCUT2D eigenvalue weighted by Gasteiger charge is 2.31. The van der Waals surface area contributed by atoms with E-state index in [1.807, 2.05) is 0 Å². The van der Waals surface area contributed by atoms with Gasteiger partial charge < -0.3 is 5.32 Å². The predicted octanol–water partition coefficient (Wildman–Crippen LogP) is 2.41. The van der Waals surface area contributed by atoms with E-state index in [-0.39, 0.29) is 18.2 Å². The molecule has 0 saturated carbocycles. The van der Waals surface area contributed by atoms with E-state index in [0.717, 1.165) is 0 Å². The summed E-state index contributed by atoms with van der Waals surface area (Å²) >= 11 is 9.12. The lowest BCUT2D eigenvalue weighted by Gasteiger charge is -2.11. The molecule has 1 N–H and O–H groups in total. The smallest absolute Gasteiger partial charge is 0.251 e. The topological polar surface area (TPSA) is 63.2 Å². The Morgan fingerprint density at radius 2 is 2.16 bits per heavy atom. The van der Waals surface area contributed by atoms with Crippen molar-refractivity contribution < 1.29 is 13.2 Å². The van der Waals surface area contributed by atoms with Gasteiger partial charge in [0.15, 0.2) is 9.84 Å². The standard InChI is InChI=1S/C12H13BrClNO3S/c13-9-4-8(5-10(14)6-9)12(16)15-7-11-2-1-3-19(11,17)18/h4-6,11H,1-3,7H2,(H,15,16). The second kappa shape index (κ2) is 5.81. The molecule has 19 heavy (non-hydrogen) atoms. The lowest BCUT2D eigenvalue weighted by atomic mass is 10.2. The first kappa shape index (κ1) is 14.8. The van der Waals surface area contributed by atoms with Gasteiger partial charge in [0.25, 0.3) is 5.91 Å². The van der Waals surface area contributed by atoms with E-state index in [1.54, 1.807) is 18.2 Å². The van der Waals surface area contributed by atoms with Gasteiger partial charge in [-0.15, -0.1) is 0 Å². The van der Waals surface area contributed by atoms with Gasteiger partial charge >= 0.3 is 0 Å². The molecule has 1 aromatic rings. The minimum atomic E-state index is -3.03. The first-order valence-corrected chi connectivity index (χ1v) is 8.73. The average Bonchev–Trinajstić information content (AvgIpc) is 2.64. The van der Waals surface area contributed by atoms with Crippen LogP contribution in [0.5, 0.6) is 0 Å². The molecule has 1 fully saturated rings. The van der Waals surface area contributed by atoms with Crippen molar-refractivity contribution >= 4 is 43.3 Å². The highest BCUT2D eigenvalue weighted by atomic mass is 79.9. The van der Waals surface area contributed by atoms with Gasteiger partial charge in [0.2, 0.25) is 0 Å². The minimum Gasteiger partial charge on any atom is -0.351 e. The molecule has 1 unspecified atom stereocenters. The molecule has 0 aliphatic carbocycles. The van der Waals surface area contributed by atoms with Crippen LogP contribution in [-0.4, -0.2) is 31.9 Å². The van der Waals surface area contributed by atoms with Crippen LogP contribution in [0.2, 0.25) is 5.02 Å². The molecular weight excluding hydrogens is 354 g/mol. The number of carbonyl (C=O) groups excluding carboxylic acids is 1. The fourth-order valence-electron chi connectivity index (χ4n) is 2.08. The Labute approximate surface area is 125 Å². The normalized spacial score (nSPS) is 21.3. The third kappa shape index (κ3) is 3.70. The molecule has 104 valence electrons. The number of benzene rings is 1. The van der Waals surface area contributed by atoms with E-state index in [9.17, 15) is 13.2 Å². The highest BCUT2D eigenvalue weighted by Crippen LogP contribution is 2.21. The molecule has 0 radical (unpaired) electrons. The van der Waals surface area contributed by atoms with Gasteiger partial charge in [-0.1, -0.05) is 27.5 Å². The molecule has 2 rings (SSSR count). The fourth-order valence-corrected chi connectivity index (χ4v) is 4.71. The summed E-state index contributed by atoms with van der Waals surface area (Å²) < 4.78 is 24.0. The maximum absolute atomic E-state index is 11.9. The van der Waals surface area contributed by atoms with Gasteiger partial charge in [0, 0.05) is 21.6 Å². The number of hydrogen-bond acceptors (Lipinski definition) is 3. The lowest BCUT2D eigenvalue weighted by Crippen LogP contribution is -2.34. The monoisotopic (exact) mass is 365 g/mol. The van der Waals surface area contributed by atoms with Gasteiger partial charge in [-0.05, 0) is 31.0 Å². The van der Waals surface area contributed by atoms with Crippen LogP contribution in [0, 0.1) is 0 Å². The van der Waals surface area contributed by atoms with Crippen LogP contribution in [0.1, 0.15) is 23.2 Å². The number of hydrogen-bond donors (Lipinski definition) is 1. The fraction of sp³-hybridized carbons (Fsp3) is 0.417. The first-order chi connectivity index (χ1) is 8.88. The molecule has 1 aliphatic heterocycles. The molecule has 1 heterocycles. The van der Waals surface area contributed by atoms with Crippen LogP contribution in [-0.2, 0) is 9.84 Å². The molecule has 1 atom stereocenters. The first-order valence-electron chi connectivity index (χ1n) is 5.84. The van der Waals surface area contributed by atoms with Crippen molar-refractivity contribution in [2.75, 3.05) is 12.3 Å². The Morgan fingerprint density at radius 1 is 1.42 bits per heavy atom. The quantitative estimate of drug-likeness (QED) is 0.893. The number of sulfone groups is 1. The van der Waals surface area contributed by atoms with E-state index in [0.29, 0.717) is 27.9 Å². The molecular formula is C12H13BrClNO3S. The average molecular weight is 367 g/mol. The maximum atomic E-state index is 11.9. The summed E-state index contributed by atoms with van der Waals surface area (Å²) in [6.07, 6.45) is 1.29. The third-order valence-electron chi connectivity index (χ3n) is 3.08. The van der Waals surface area contributed by atoms with Crippen LogP contribution >= 0.6 is 27.5 Å². The van der Waals surface area contributed by atoms with E-state index in [4.69, 9.17) is 11.6 Å². The van der Waals surface area contributed by atoms with Crippen LogP contribution in [0.25, 0.3) is 0 Å². The predicted molar refractivity (Wildman–Crippen MR) is 78.3 cm³/mol. The van der Waals surface area contributed by atoms with E-state index < -0.39 is 15.1 Å². The number of carbonyl (C=O) groups is 1. The van der Waals surface area contributed by atoms with E-state index in [1.165, 1.54) is 0 Å². The summed E-state index contributed by atoms with van der Waals surface area (Å²) in [4.78, 5) is 11.9. The summed E-state index contributed by atoms with van der Waals surface area (Å²) in [5.74, 6) is -0.0960. The maximum Gasteiger partial charge on any atom is 0.251 e. The van der Waals surface area contributed by atoms with Crippen molar-refractivity contribution in [3.05, 3.63) is 33.3 Å². The van der Waals surface area contributed by atoms with Crippen molar-refractivity contribution in [3.63, 3.8) is 0 Å². The summed E-state index contributed by atoms with van der Waals surface area (Å²) in [5, 5.41) is 2.65. The molecule has 4 nitrogen and oxygen atoms in total. The largest absolute Gasteiger partial charge is 0.351 e. The van der Waals surface area contributed by atoms with Gasteiger partial charge in [-0.2, -0.15) is 0 Å². The molecule has 1 aromatic carbocycles. The summed E-state index contributed by atoms with van der Waals surface area (Å²) in [5.41, 5.74) is 0.412. The Kier molecular flexibility index (Phi) is 4.53. The zero-order chi connectivity index (χ0) is 14.0. The third-order valence-corrected chi connectivity index (χ3v) is 6.03. The second-order valence-corrected chi connectivity index (χ2v) is 8.25. The molecule has 1 aliphatic rings. The summed E-state index contributed by atoms with van der Waals surface area (Å²) in [6.45, 7) is 0.158. The van der Waals surface area contributed by atoms with Gasteiger partial charge in [0.1, 0.15) is 0 Å². The van der Waals surface area contributed by atoms with Crippen LogP contribution in [0.3, 0.4) is 0 Å². The zero-order valence-electron chi connectivity index (χ0n) is 10.0. The molecule has 0 bridgehead atoms. The minimum absolute atomic E-state index is 0.158. The molecule has 0 spiro atoms. The van der Waals surface area contributed by atoms with Crippen molar-refractivity contribution in [1.29, 1.82) is 0 Å². The lowest BCUT2D eigenvalue weighted by molar-refractivity contribution is 0.0953. The van der Waals surface area contributed by atoms with Crippen molar-refractivity contribution in [2.24, 2.45) is 0 Å². The molecule has 0 aromatic heterocycles. The van der Waals surface area contributed by atoms with Crippen molar-refractivity contribution in [1.82, 2.24) is 5.32 Å². The Balaban J connectivity index is 2.02. The number of halogens is 2. The SMILES string of the molecule is O=C(NCC1CCCS1(=O)=O)c1cc(Cl)cc(Br)c1. The zero-order valence-corrected chi connectivity index (χ0v) is 13.2. The summed E-state index contributed by atoms with van der Waals surface area (Å²) in [6, 6.07) is 4.87. The number of nitrogens with one attached hydrogen (secondary N) is 1.